The molecule has 0 saturated carbocycles. The van der Waals surface area contributed by atoms with E-state index in [1.165, 1.54) is 6.07 Å². The van der Waals surface area contributed by atoms with Gasteiger partial charge >= 0.3 is 0 Å². The predicted molar refractivity (Wildman–Crippen MR) is 87.0 cm³/mol. The molecule has 6 heteroatoms. The Morgan fingerprint density at radius 3 is 2.64 bits per heavy atom. The molecule has 22 heavy (non-hydrogen) atoms. The second kappa shape index (κ2) is 5.88. The molecule has 0 amide bonds. The van der Waals surface area contributed by atoms with E-state index in [0.717, 1.165) is 15.6 Å². The molecule has 112 valence electrons. The van der Waals surface area contributed by atoms with Gasteiger partial charge in [-0.1, -0.05) is 35.0 Å². The number of nitrogens with zero attached hydrogens (tertiary/aromatic N) is 2. The van der Waals surface area contributed by atoms with Gasteiger partial charge in [-0.25, -0.2) is 4.98 Å². The zero-order valence-electron chi connectivity index (χ0n) is 11.9. The molecule has 0 radical (unpaired) electrons. The maximum absolute atomic E-state index is 11.0. The Kier molecular flexibility index (Phi) is 3.94. The first-order valence-electron chi connectivity index (χ1n) is 6.88. The number of hydrogen-bond donors (Lipinski definition) is 0. The summed E-state index contributed by atoms with van der Waals surface area (Å²) in [7, 11) is 0. The number of nitro groups is 1. The minimum atomic E-state index is -0.401. The lowest BCUT2D eigenvalue weighted by Crippen LogP contribution is -1.90. The molecule has 3 aromatic rings. The number of rotatable bonds is 4. The Morgan fingerprint density at radius 2 is 2.00 bits per heavy atom. The first-order chi connectivity index (χ1) is 10.6. The van der Waals surface area contributed by atoms with Crippen LogP contribution in [0, 0.1) is 10.1 Å². The van der Waals surface area contributed by atoms with Gasteiger partial charge in [0.25, 0.3) is 5.69 Å². The van der Waals surface area contributed by atoms with Gasteiger partial charge in [0.05, 0.1) is 4.92 Å². The molecule has 5 nitrogen and oxygen atoms in total. The van der Waals surface area contributed by atoms with Crippen LogP contribution in [0.3, 0.4) is 0 Å². The van der Waals surface area contributed by atoms with Crippen molar-refractivity contribution < 1.29 is 9.34 Å². The molecule has 1 aromatic heterocycles. The first kappa shape index (κ1) is 14.7. The van der Waals surface area contributed by atoms with Crippen molar-refractivity contribution in [1.29, 1.82) is 0 Å². The summed E-state index contributed by atoms with van der Waals surface area (Å²) in [5, 5.41) is 11.0. The van der Waals surface area contributed by atoms with E-state index in [9.17, 15) is 10.1 Å². The molecular weight excluding hydrogens is 348 g/mol. The molecule has 0 spiro atoms. The van der Waals surface area contributed by atoms with Crippen LogP contribution in [0.15, 0.2) is 45.3 Å². The van der Waals surface area contributed by atoms with E-state index in [1.54, 1.807) is 6.07 Å². The van der Waals surface area contributed by atoms with Gasteiger partial charge in [0, 0.05) is 28.6 Å². The van der Waals surface area contributed by atoms with Crippen LogP contribution < -0.4 is 0 Å². The number of benzene rings is 2. The highest BCUT2D eigenvalue weighted by atomic mass is 79.9. The molecule has 0 aliphatic rings. The van der Waals surface area contributed by atoms with Gasteiger partial charge in [-0.05, 0) is 24.1 Å². The van der Waals surface area contributed by atoms with Crippen LogP contribution in [0.5, 0.6) is 0 Å². The van der Waals surface area contributed by atoms with Crippen molar-refractivity contribution >= 4 is 32.7 Å². The summed E-state index contributed by atoms with van der Waals surface area (Å²) >= 11 is 3.40. The first-order valence-corrected chi connectivity index (χ1v) is 7.67. The highest BCUT2D eigenvalue weighted by molar-refractivity contribution is 9.10. The van der Waals surface area contributed by atoms with Gasteiger partial charge in [0.1, 0.15) is 5.52 Å². The molecule has 2 aromatic carbocycles. The van der Waals surface area contributed by atoms with E-state index < -0.39 is 4.92 Å². The summed E-state index contributed by atoms with van der Waals surface area (Å²) in [6, 6.07) is 10.9. The fraction of sp³-hybridized carbons (Fsp3) is 0.188. The molecule has 0 saturated heterocycles. The maximum atomic E-state index is 11.0. The van der Waals surface area contributed by atoms with Crippen LogP contribution in [-0.4, -0.2) is 9.91 Å². The second-order valence-corrected chi connectivity index (χ2v) is 5.89. The average molecular weight is 361 g/mol. The van der Waals surface area contributed by atoms with Gasteiger partial charge in [0.15, 0.2) is 11.5 Å². The lowest BCUT2D eigenvalue weighted by molar-refractivity contribution is -0.384. The molecule has 0 unspecified atom stereocenters. The van der Waals surface area contributed by atoms with Gasteiger partial charge < -0.3 is 4.42 Å². The second-order valence-electron chi connectivity index (χ2n) is 4.97. The Morgan fingerprint density at radius 1 is 1.27 bits per heavy atom. The van der Waals surface area contributed by atoms with Gasteiger partial charge in [-0.2, -0.15) is 0 Å². The van der Waals surface area contributed by atoms with Crippen LogP contribution in [0.4, 0.5) is 5.69 Å². The molecule has 0 aliphatic carbocycles. The number of aryl methyl sites for hydroxylation is 1. The number of aromatic nitrogens is 1. The van der Waals surface area contributed by atoms with Crippen molar-refractivity contribution in [1.82, 2.24) is 4.98 Å². The number of hydrogen-bond acceptors (Lipinski definition) is 4. The Balaban J connectivity index is 2.01. The van der Waals surface area contributed by atoms with E-state index in [1.807, 2.05) is 31.2 Å². The molecule has 0 atom stereocenters. The van der Waals surface area contributed by atoms with Gasteiger partial charge in [-0.3, -0.25) is 10.1 Å². The Labute approximate surface area is 135 Å². The van der Waals surface area contributed by atoms with Crippen molar-refractivity contribution in [3.05, 3.63) is 68.0 Å². The van der Waals surface area contributed by atoms with E-state index in [0.29, 0.717) is 29.8 Å². The highest BCUT2D eigenvalue weighted by Gasteiger charge is 2.16. The van der Waals surface area contributed by atoms with Crippen LogP contribution in [0.2, 0.25) is 0 Å². The fourth-order valence-electron chi connectivity index (χ4n) is 2.35. The average Bonchev–Trinajstić information content (AvgIpc) is 2.90. The number of non-ortho nitro benzene ring substituents is 1. The third-order valence-corrected chi connectivity index (χ3v) is 3.99. The van der Waals surface area contributed by atoms with Gasteiger partial charge in [0.2, 0.25) is 0 Å². The summed E-state index contributed by atoms with van der Waals surface area (Å²) < 4.78 is 6.83. The summed E-state index contributed by atoms with van der Waals surface area (Å²) in [5.74, 6) is 0.563. The SMILES string of the molecule is CCc1cc([N+](=O)[O-])cc2nc(Cc3ccc(Br)cc3)oc12. The zero-order chi connectivity index (χ0) is 15.7. The zero-order valence-corrected chi connectivity index (χ0v) is 13.5. The van der Waals surface area contributed by atoms with Crippen LogP contribution in [-0.2, 0) is 12.8 Å². The summed E-state index contributed by atoms with van der Waals surface area (Å²) in [6.07, 6.45) is 1.21. The molecular formula is C16H13BrN2O3. The summed E-state index contributed by atoms with van der Waals surface area (Å²) in [6.45, 7) is 1.94. The van der Waals surface area contributed by atoms with Crippen molar-refractivity contribution in [2.75, 3.05) is 0 Å². The number of halogens is 1. The van der Waals surface area contributed by atoms with Crippen LogP contribution in [0.1, 0.15) is 23.9 Å². The molecule has 0 fully saturated rings. The number of fused-ring (bicyclic) bond motifs is 1. The molecule has 0 aliphatic heterocycles. The molecule has 0 N–H and O–H groups in total. The minimum Gasteiger partial charge on any atom is -0.440 e. The standard InChI is InChI=1S/C16H13BrN2O3/c1-2-11-8-13(19(20)21)9-14-16(11)22-15(18-14)7-10-3-5-12(17)6-4-10/h3-6,8-9H,2,7H2,1H3. The van der Waals surface area contributed by atoms with Crippen molar-refractivity contribution in [3.8, 4) is 0 Å². The van der Waals surface area contributed by atoms with Crippen molar-refractivity contribution in [2.45, 2.75) is 19.8 Å². The van der Waals surface area contributed by atoms with E-state index >= 15 is 0 Å². The highest BCUT2D eigenvalue weighted by Crippen LogP contribution is 2.27. The Bertz CT molecular complexity index is 840. The van der Waals surface area contributed by atoms with E-state index in [2.05, 4.69) is 20.9 Å². The number of nitro benzene ring substituents is 1. The normalized spacial score (nSPS) is 11.0. The van der Waals surface area contributed by atoms with Gasteiger partial charge in [-0.15, -0.1) is 0 Å². The van der Waals surface area contributed by atoms with E-state index in [4.69, 9.17) is 4.42 Å². The maximum Gasteiger partial charge on any atom is 0.272 e. The monoisotopic (exact) mass is 360 g/mol. The molecule has 3 rings (SSSR count). The smallest absolute Gasteiger partial charge is 0.272 e. The lowest BCUT2D eigenvalue weighted by Gasteiger charge is -1.98. The summed E-state index contributed by atoms with van der Waals surface area (Å²) in [5.41, 5.74) is 3.10. The summed E-state index contributed by atoms with van der Waals surface area (Å²) in [4.78, 5) is 15.0. The predicted octanol–water partition coefficient (Wildman–Crippen LogP) is 4.65. The lowest BCUT2D eigenvalue weighted by atomic mass is 10.1. The van der Waals surface area contributed by atoms with Crippen molar-refractivity contribution in [3.63, 3.8) is 0 Å². The third-order valence-electron chi connectivity index (χ3n) is 3.46. The minimum absolute atomic E-state index is 0.0489. The molecule has 1 heterocycles. The largest absolute Gasteiger partial charge is 0.440 e. The van der Waals surface area contributed by atoms with Crippen LogP contribution in [0.25, 0.3) is 11.1 Å². The quantitative estimate of drug-likeness (QED) is 0.501. The topological polar surface area (TPSA) is 69.2 Å². The Hall–Kier alpha value is -2.21. The third kappa shape index (κ3) is 2.87. The van der Waals surface area contributed by atoms with Crippen molar-refractivity contribution in [2.24, 2.45) is 0 Å². The fourth-order valence-corrected chi connectivity index (χ4v) is 2.62. The van der Waals surface area contributed by atoms with Crippen LogP contribution >= 0.6 is 15.9 Å². The van der Waals surface area contributed by atoms with E-state index in [-0.39, 0.29) is 5.69 Å². The molecule has 0 bridgehead atoms. The number of oxazole rings is 1.